The third-order valence-corrected chi connectivity index (χ3v) is 7.57. The second-order valence-electron chi connectivity index (χ2n) is 8.46. The molecule has 32 heavy (non-hydrogen) atoms. The predicted molar refractivity (Wildman–Crippen MR) is 124 cm³/mol. The van der Waals surface area contributed by atoms with Gasteiger partial charge in [0.25, 0.3) is 5.56 Å². The Kier molecular flexibility index (Phi) is 5.63. The van der Waals surface area contributed by atoms with E-state index in [0.29, 0.717) is 25.1 Å². The molecule has 1 amide bonds. The molecule has 0 spiro atoms. The van der Waals surface area contributed by atoms with Crippen LogP contribution in [0.3, 0.4) is 0 Å². The van der Waals surface area contributed by atoms with Crippen molar-refractivity contribution >= 4 is 27.5 Å². The highest BCUT2D eigenvalue weighted by Gasteiger charge is 2.30. The lowest BCUT2D eigenvalue weighted by atomic mass is 10.0. The Hall–Kier alpha value is -2.87. The number of carbonyl (C=O) groups excluding carboxylic acids is 1. The maximum absolute atomic E-state index is 13.1. The van der Waals surface area contributed by atoms with Gasteiger partial charge < -0.3 is 14.4 Å². The average Bonchev–Trinajstić information content (AvgIpc) is 3.30. The average molecular weight is 454 g/mol. The molecule has 0 aliphatic carbocycles. The number of carbonyl (C=O) groups is 1. The Morgan fingerprint density at radius 3 is 2.84 bits per heavy atom. The highest BCUT2D eigenvalue weighted by molar-refractivity contribution is 7.18. The van der Waals surface area contributed by atoms with Crippen molar-refractivity contribution in [3.8, 4) is 11.5 Å². The highest BCUT2D eigenvalue weighted by Crippen LogP contribution is 2.38. The van der Waals surface area contributed by atoms with Gasteiger partial charge in [0.1, 0.15) is 4.83 Å². The number of hydrogen-bond donors (Lipinski definition) is 0. The van der Waals surface area contributed by atoms with Crippen LogP contribution in [0.15, 0.2) is 29.3 Å². The molecule has 0 bridgehead atoms. The van der Waals surface area contributed by atoms with Crippen LogP contribution >= 0.6 is 11.3 Å². The van der Waals surface area contributed by atoms with Gasteiger partial charge in [0.05, 0.1) is 31.0 Å². The van der Waals surface area contributed by atoms with Gasteiger partial charge >= 0.3 is 0 Å². The van der Waals surface area contributed by atoms with Crippen LogP contribution in [-0.4, -0.2) is 40.1 Å². The van der Waals surface area contributed by atoms with Crippen LogP contribution < -0.4 is 15.0 Å². The monoisotopic (exact) mass is 453 g/mol. The second-order valence-corrected chi connectivity index (χ2v) is 9.66. The Morgan fingerprint density at radius 1 is 1.19 bits per heavy atom. The number of thiophene rings is 1. The zero-order valence-electron chi connectivity index (χ0n) is 18.4. The van der Waals surface area contributed by atoms with E-state index in [0.717, 1.165) is 58.1 Å². The lowest BCUT2D eigenvalue weighted by molar-refractivity contribution is -0.132. The van der Waals surface area contributed by atoms with Gasteiger partial charge in [-0.15, -0.1) is 11.3 Å². The van der Waals surface area contributed by atoms with E-state index < -0.39 is 0 Å². The van der Waals surface area contributed by atoms with Crippen LogP contribution in [0.4, 0.5) is 0 Å². The number of benzene rings is 1. The maximum Gasteiger partial charge on any atom is 0.262 e. The van der Waals surface area contributed by atoms with E-state index in [4.69, 9.17) is 9.47 Å². The van der Waals surface area contributed by atoms with Gasteiger partial charge in [-0.2, -0.15) is 0 Å². The minimum atomic E-state index is -0.0643. The molecule has 2 aliphatic heterocycles. The zero-order valence-corrected chi connectivity index (χ0v) is 19.2. The lowest BCUT2D eigenvalue weighted by Crippen LogP contribution is -2.32. The summed E-state index contributed by atoms with van der Waals surface area (Å²) in [5, 5.41) is 0.675. The summed E-state index contributed by atoms with van der Waals surface area (Å²) >= 11 is 1.54. The lowest BCUT2D eigenvalue weighted by Gasteiger charge is -2.26. The molecular weight excluding hydrogens is 426 g/mol. The number of aromatic nitrogens is 2. The molecule has 0 N–H and O–H groups in total. The number of hydrogen-bond acceptors (Lipinski definition) is 6. The van der Waals surface area contributed by atoms with Crippen molar-refractivity contribution in [3.05, 3.63) is 50.9 Å². The molecule has 1 aromatic carbocycles. The van der Waals surface area contributed by atoms with Crippen molar-refractivity contribution in [2.75, 3.05) is 19.8 Å². The van der Waals surface area contributed by atoms with E-state index in [1.165, 1.54) is 11.3 Å². The van der Waals surface area contributed by atoms with Gasteiger partial charge in [0.2, 0.25) is 5.91 Å². The second kappa shape index (κ2) is 8.58. The van der Waals surface area contributed by atoms with Crippen LogP contribution in [0.5, 0.6) is 11.5 Å². The molecule has 4 heterocycles. The van der Waals surface area contributed by atoms with Crippen LogP contribution in [0.2, 0.25) is 0 Å². The molecule has 1 atom stereocenters. The van der Waals surface area contributed by atoms with Crippen molar-refractivity contribution in [1.82, 2.24) is 14.5 Å². The fraction of sp³-hybridized carbons (Fsp3) is 0.458. The number of nitrogens with zero attached hydrogens (tertiary/aromatic N) is 3. The Morgan fingerprint density at radius 2 is 2.00 bits per heavy atom. The van der Waals surface area contributed by atoms with Crippen LogP contribution in [-0.2, 0) is 11.3 Å². The van der Waals surface area contributed by atoms with Gasteiger partial charge in [-0.1, -0.05) is 6.07 Å². The molecule has 2 aromatic heterocycles. The van der Waals surface area contributed by atoms with Crippen molar-refractivity contribution < 1.29 is 14.3 Å². The summed E-state index contributed by atoms with van der Waals surface area (Å²) in [6.45, 7) is 6.32. The Labute approximate surface area is 190 Å². The first-order valence-electron chi connectivity index (χ1n) is 11.2. The van der Waals surface area contributed by atoms with Gasteiger partial charge in [0, 0.05) is 30.8 Å². The van der Waals surface area contributed by atoms with Gasteiger partial charge in [-0.25, -0.2) is 4.98 Å². The SMILES string of the molecule is Cc1sc2ncn(CCC(=O)N3CCC[C@@H]3c3ccc4c(c3)OCCCO4)c(=O)c2c1C. The van der Waals surface area contributed by atoms with E-state index >= 15 is 0 Å². The Bertz CT molecular complexity index is 1230. The molecule has 168 valence electrons. The van der Waals surface area contributed by atoms with Crippen molar-refractivity contribution in [2.45, 2.75) is 52.1 Å². The maximum atomic E-state index is 13.1. The highest BCUT2D eigenvalue weighted by atomic mass is 32.1. The molecule has 0 unspecified atom stereocenters. The summed E-state index contributed by atoms with van der Waals surface area (Å²) in [5.74, 6) is 1.58. The summed E-state index contributed by atoms with van der Waals surface area (Å²) in [6, 6.07) is 6.02. The molecule has 0 radical (unpaired) electrons. The molecular formula is C24H27N3O4S. The minimum absolute atomic E-state index is 0.0266. The van der Waals surface area contributed by atoms with E-state index in [1.807, 2.05) is 36.9 Å². The van der Waals surface area contributed by atoms with E-state index in [2.05, 4.69) is 4.98 Å². The summed E-state index contributed by atoms with van der Waals surface area (Å²) in [7, 11) is 0. The van der Waals surface area contributed by atoms with Gasteiger partial charge in [-0.3, -0.25) is 14.2 Å². The van der Waals surface area contributed by atoms with Gasteiger partial charge in [-0.05, 0) is 49.9 Å². The molecule has 2 aliphatic rings. The molecule has 1 fully saturated rings. The number of likely N-dealkylation sites (tertiary alicyclic amines) is 1. The smallest absolute Gasteiger partial charge is 0.262 e. The number of fused-ring (bicyclic) bond motifs is 2. The van der Waals surface area contributed by atoms with E-state index in [9.17, 15) is 9.59 Å². The fourth-order valence-electron chi connectivity index (χ4n) is 4.59. The minimum Gasteiger partial charge on any atom is -0.490 e. The van der Waals surface area contributed by atoms with Crippen LogP contribution in [0, 0.1) is 13.8 Å². The molecule has 0 saturated carbocycles. The first-order valence-corrected chi connectivity index (χ1v) is 12.0. The van der Waals surface area contributed by atoms with E-state index in [-0.39, 0.29) is 23.9 Å². The van der Waals surface area contributed by atoms with Crippen molar-refractivity contribution in [2.24, 2.45) is 0 Å². The Balaban J connectivity index is 1.32. The predicted octanol–water partition coefficient (Wildman–Crippen LogP) is 3.99. The van der Waals surface area contributed by atoms with Crippen LogP contribution in [0.25, 0.3) is 10.2 Å². The third-order valence-electron chi connectivity index (χ3n) is 6.45. The van der Waals surface area contributed by atoms with Crippen LogP contribution in [0.1, 0.15) is 47.7 Å². The summed E-state index contributed by atoms with van der Waals surface area (Å²) in [4.78, 5) is 34.3. The number of amides is 1. The number of rotatable bonds is 4. The zero-order chi connectivity index (χ0) is 22.2. The van der Waals surface area contributed by atoms with E-state index in [1.54, 1.807) is 10.9 Å². The fourth-order valence-corrected chi connectivity index (χ4v) is 5.58. The molecule has 1 saturated heterocycles. The summed E-state index contributed by atoms with van der Waals surface area (Å²) in [5.41, 5.74) is 1.99. The topological polar surface area (TPSA) is 73.7 Å². The molecule has 3 aromatic rings. The first-order chi connectivity index (χ1) is 15.5. The largest absolute Gasteiger partial charge is 0.490 e. The van der Waals surface area contributed by atoms with Crippen molar-refractivity contribution in [3.63, 3.8) is 0 Å². The van der Waals surface area contributed by atoms with Crippen molar-refractivity contribution in [1.29, 1.82) is 0 Å². The molecule has 7 nitrogen and oxygen atoms in total. The number of aryl methyl sites for hydroxylation is 3. The molecule has 8 heteroatoms. The quantitative estimate of drug-likeness (QED) is 0.597. The summed E-state index contributed by atoms with van der Waals surface area (Å²) in [6.07, 6.45) is 4.59. The standard InChI is InChI=1S/C24H27N3O4S/c1-15-16(2)32-23-22(15)24(29)26(14-25-23)10-8-21(28)27-9-3-5-18(27)17-6-7-19-20(13-17)31-12-4-11-30-19/h6-7,13-14,18H,3-5,8-12H2,1-2H3/t18-/m1/s1. The first kappa shape index (κ1) is 21.0. The number of ether oxygens (including phenoxy) is 2. The molecule has 5 rings (SSSR count). The third kappa shape index (κ3) is 3.77. The summed E-state index contributed by atoms with van der Waals surface area (Å²) < 4.78 is 13.1. The normalized spacial score (nSPS) is 18.2. The van der Waals surface area contributed by atoms with Gasteiger partial charge in [0.15, 0.2) is 11.5 Å².